The summed E-state index contributed by atoms with van der Waals surface area (Å²) in [4.78, 5) is 36.8. The highest BCUT2D eigenvalue weighted by atomic mass is 16.6. The summed E-state index contributed by atoms with van der Waals surface area (Å²) in [6, 6.07) is -0.611. The van der Waals surface area contributed by atoms with Crippen LogP contribution in [0.5, 0.6) is 0 Å². The topological polar surface area (TPSA) is 99.1 Å². The molecule has 0 rings (SSSR count). The first-order valence-corrected chi connectivity index (χ1v) is 20.7. The zero-order valence-corrected chi connectivity index (χ0v) is 33.4. The predicted molar refractivity (Wildman–Crippen MR) is 206 cm³/mol. The highest BCUT2D eigenvalue weighted by Crippen LogP contribution is 2.15. The summed E-state index contributed by atoms with van der Waals surface area (Å²) in [5, 5.41) is 9.59. The van der Waals surface area contributed by atoms with Crippen molar-refractivity contribution in [2.75, 3.05) is 41.0 Å². The van der Waals surface area contributed by atoms with Crippen LogP contribution in [0.1, 0.15) is 187 Å². The molecule has 0 spiro atoms. The third-order valence-electron chi connectivity index (χ3n) is 9.41. The van der Waals surface area contributed by atoms with Gasteiger partial charge in [-0.1, -0.05) is 142 Å². The summed E-state index contributed by atoms with van der Waals surface area (Å²) >= 11 is 0. The first-order valence-electron chi connectivity index (χ1n) is 20.7. The number of hydrogen-bond acceptors (Lipinski definition) is 6. The van der Waals surface area contributed by atoms with Crippen molar-refractivity contribution in [3.05, 3.63) is 12.2 Å². The second-order valence-electron chi connectivity index (χ2n) is 15.2. The maximum absolute atomic E-state index is 12.7. The third-order valence-corrected chi connectivity index (χ3v) is 9.41. The zero-order valence-electron chi connectivity index (χ0n) is 33.4. The molecule has 0 aromatic carbocycles. The van der Waals surface area contributed by atoms with Gasteiger partial charge in [-0.3, -0.25) is 9.59 Å². The van der Waals surface area contributed by atoms with E-state index in [1.54, 1.807) is 0 Å². The number of esters is 2. The number of allylic oxidation sites excluding steroid dienone is 2. The molecule has 0 bridgehead atoms. The summed E-state index contributed by atoms with van der Waals surface area (Å²) in [6.45, 7) is 4.72. The fourth-order valence-electron chi connectivity index (χ4n) is 6.14. The lowest BCUT2D eigenvalue weighted by Crippen LogP contribution is -2.50. The molecule has 0 aromatic rings. The van der Waals surface area contributed by atoms with Crippen LogP contribution in [0.3, 0.4) is 0 Å². The minimum absolute atomic E-state index is 0.0535. The lowest BCUT2D eigenvalue weighted by molar-refractivity contribution is -0.887. The molecule has 0 aliphatic heterocycles. The molecule has 294 valence electrons. The maximum Gasteiger partial charge on any atom is 0.362 e. The average molecular weight is 711 g/mol. The average Bonchev–Trinajstić information content (AvgIpc) is 3.06. The Labute approximate surface area is 308 Å². The van der Waals surface area contributed by atoms with E-state index in [1.165, 1.54) is 103 Å². The van der Waals surface area contributed by atoms with Gasteiger partial charge in [0, 0.05) is 19.3 Å². The summed E-state index contributed by atoms with van der Waals surface area (Å²) in [5.74, 6) is -1.48. The van der Waals surface area contributed by atoms with Crippen molar-refractivity contribution >= 4 is 17.9 Å². The minimum atomic E-state index is -0.875. The van der Waals surface area contributed by atoms with Gasteiger partial charge in [0.25, 0.3) is 0 Å². The maximum atomic E-state index is 12.7. The van der Waals surface area contributed by atoms with Crippen LogP contribution in [0, 0.1) is 0 Å². The van der Waals surface area contributed by atoms with Crippen LogP contribution < -0.4 is 0 Å². The van der Waals surface area contributed by atoms with Crippen molar-refractivity contribution in [2.45, 2.75) is 199 Å². The fraction of sp³-hybridized carbons (Fsp3) is 0.881. The Hall–Kier alpha value is -1.93. The molecule has 0 fully saturated rings. The standard InChI is InChI=1S/C42H79NO7/c1-6-8-10-12-14-16-18-20-22-24-26-28-30-32-40(44)49-37-38(36-48-35-34-39(42(46)47)43(3,4)5)50-41(45)33-31-29-27-25-23-21-19-17-15-13-11-9-7-2/h20,22,38-39H,6-19,21,23-37H2,1-5H3/p+1/b22-20+. The zero-order chi connectivity index (χ0) is 37.1. The first kappa shape index (κ1) is 48.1. The lowest BCUT2D eigenvalue weighted by Gasteiger charge is -2.31. The Morgan fingerprint density at radius 1 is 0.580 bits per heavy atom. The smallest absolute Gasteiger partial charge is 0.362 e. The number of quaternary nitrogens is 1. The van der Waals surface area contributed by atoms with Gasteiger partial charge in [0.05, 0.1) is 34.4 Å². The summed E-state index contributed by atoms with van der Waals surface area (Å²) in [7, 11) is 5.52. The molecule has 0 saturated heterocycles. The van der Waals surface area contributed by atoms with Gasteiger partial charge in [0.2, 0.25) is 0 Å². The number of carboxylic acid groups (broad SMARTS) is 1. The molecular weight excluding hydrogens is 630 g/mol. The highest BCUT2D eigenvalue weighted by Gasteiger charge is 2.31. The van der Waals surface area contributed by atoms with Crippen LogP contribution in [0.4, 0.5) is 0 Å². The molecule has 0 saturated carbocycles. The van der Waals surface area contributed by atoms with Crippen molar-refractivity contribution in [1.82, 2.24) is 0 Å². The number of carbonyl (C=O) groups is 3. The van der Waals surface area contributed by atoms with Gasteiger partial charge >= 0.3 is 17.9 Å². The van der Waals surface area contributed by atoms with Crippen LogP contribution in [0.25, 0.3) is 0 Å². The molecule has 0 heterocycles. The molecule has 0 aliphatic carbocycles. The van der Waals surface area contributed by atoms with Gasteiger partial charge in [-0.25, -0.2) is 4.79 Å². The second kappa shape index (κ2) is 34.2. The van der Waals surface area contributed by atoms with Gasteiger partial charge < -0.3 is 23.8 Å². The van der Waals surface area contributed by atoms with Crippen molar-refractivity contribution in [3.63, 3.8) is 0 Å². The largest absolute Gasteiger partial charge is 0.477 e. The predicted octanol–water partition coefficient (Wildman–Crippen LogP) is 10.7. The summed E-state index contributed by atoms with van der Waals surface area (Å²) in [6.07, 6.45) is 33.9. The molecule has 2 atom stereocenters. The Morgan fingerprint density at radius 3 is 1.46 bits per heavy atom. The van der Waals surface area contributed by atoms with Crippen molar-refractivity contribution in [1.29, 1.82) is 0 Å². The SMILES string of the molecule is CCCCCCCC/C=C/CCCCCC(=O)OCC(COCCC(C(=O)O)[N+](C)(C)C)OC(=O)CCCCCCCCCCCCCCC. The minimum Gasteiger partial charge on any atom is -0.477 e. The Kier molecular flexibility index (Phi) is 32.9. The van der Waals surface area contributed by atoms with Crippen molar-refractivity contribution in [3.8, 4) is 0 Å². The van der Waals surface area contributed by atoms with Gasteiger partial charge in [-0.2, -0.15) is 0 Å². The van der Waals surface area contributed by atoms with Crippen LogP contribution in [0.15, 0.2) is 12.2 Å². The lowest BCUT2D eigenvalue weighted by atomic mass is 10.0. The number of rotatable bonds is 37. The fourth-order valence-corrected chi connectivity index (χ4v) is 6.14. The number of carboxylic acids is 1. The van der Waals surface area contributed by atoms with Gasteiger partial charge in [-0.05, 0) is 38.5 Å². The molecule has 0 radical (unpaired) electrons. The highest BCUT2D eigenvalue weighted by molar-refractivity contribution is 5.72. The van der Waals surface area contributed by atoms with E-state index >= 15 is 0 Å². The molecule has 8 nitrogen and oxygen atoms in total. The molecule has 2 unspecified atom stereocenters. The van der Waals surface area contributed by atoms with Crippen molar-refractivity contribution in [2.24, 2.45) is 0 Å². The number of unbranched alkanes of at least 4 members (excludes halogenated alkanes) is 21. The normalized spacial score (nSPS) is 13.1. The van der Waals surface area contributed by atoms with Gasteiger partial charge in [-0.15, -0.1) is 0 Å². The first-order chi connectivity index (χ1) is 24.1. The number of likely N-dealkylation sites (N-methyl/N-ethyl adjacent to an activating group) is 1. The monoisotopic (exact) mass is 711 g/mol. The number of ether oxygens (including phenoxy) is 3. The second-order valence-corrected chi connectivity index (χ2v) is 15.2. The number of nitrogens with zero attached hydrogens (tertiary/aromatic N) is 1. The van der Waals surface area contributed by atoms with Crippen LogP contribution in [-0.4, -0.2) is 80.6 Å². The van der Waals surface area contributed by atoms with E-state index in [9.17, 15) is 19.5 Å². The van der Waals surface area contributed by atoms with E-state index in [1.807, 2.05) is 21.1 Å². The molecule has 50 heavy (non-hydrogen) atoms. The number of carbonyl (C=O) groups excluding carboxylic acids is 2. The summed E-state index contributed by atoms with van der Waals surface area (Å²) in [5.41, 5.74) is 0. The molecule has 0 aliphatic rings. The quantitative estimate of drug-likeness (QED) is 0.0296. The Balaban J connectivity index is 4.39. The number of aliphatic carboxylic acids is 1. The molecule has 0 aromatic heterocycles. The van der Waals surface area contributed by atoms with Crippen LogP contribution >= 0.6 is 0 Å². The van der Waals surface area contributed by atoms with Crippen LogP contribution in [0.2, 0.25) is 0 Å². The van der Waals surface area contributed by atoms with E-state index in [0.717, 1.165) is 51.4 Å². The van der Waals surface area contributed by atoms with E-state index in [0.29, 0.717) is 19.3 Å². The molecule has 8 heteroatoms. The Morgan fingerprint density at radius 2 is 1.00 bits per heavy atom. The van der Waals surface area contributed by atoms with Crippen LogP contribution in [-0.2, 0) is 28.6 Å². The molecular formula is C42H80NO7+. The van der Waals surface area contributed by atoms with Gasteiger partial charge in [0.1, 0.15) is 6.61 Å². The molecule has 1 N–H and O–H groups in total. The van der Waals surface area contributed by atoms with E-state index in [4.69, 9.17) is 14.2 Å². The van der Waals surface area contributed by atoms with E-state index in [-0.39, 0.29) is 36.2 Å². The number of hydrogen-bond donors (Lipinski definition) is 1. The Bertz CT molecular complexity index is 838. The van der Waals surface area contributed by atoms with Crippen molar-refractivity contribution < 1.29 is 38.2 Å². The third kappa shape index (κ3) is 32.0. The molecule has 0 amide bonds. The summed E-state index contributed by atoms with van der Waals surface area (Å²) < 4.78 is 17.2. The van der Waals surface area contributed by atoms with Gasteiger partial charge in [0.15, 0.2) is 12.1 Å². The van der Waals surface area contributed by atoms with E-state index in [2.05, 4.69) is 26.0 Å². The van der Waals surface area contributed by atoms with E-state index < -0.39 is 18.1 Å².